The number of nitrogens with one attached hydrogen (secondary N) is 1. The molecule has 0 radical (unpaired) electrons. The number of hydrogen-bond acceptors (Lipinski definition) is 2. The minimum Gasteiger partial charge on any atom is -0.380 e. The Labute approximate surface area is 86.9 Å². The van der Waals surface area contributed by atoms with Crippen LogP contribution in [0.3, 0.4) is 0 Å². The predicted octanol–water partition coefficient (Wildman–Crippen LogP) is 1.55. The maximum Gasteiger partial charge on any atom is 0.252 e. The van der Waals surface area contributed by atoms with Gasteiger partial charge in [-0.15, -0.1) is 0 Å². The highest BCUT2D eigenvalue weighted by atomic mass is 16.3. The molecule has 3 nitrogen and oxygen atoms in total. The Morgan fingerprint density at radius 2 is 1.64 bits per heavy atom. The molecular weight excluding hydrogens is 178 g/mol. The maximum atomic E-state index is 11.7. The summed E-state index contributed by atoms with van der Waals surface area (Å²) in [5.41, 5.74) is -1.27. The lowest BCUT2D eigenvalue weighted by molar-refractivity contribution is -0.143. The Hall–Kier alpha value is -0.570. The molecule has 3 heteroatoms. The van der Waals surface area contributed by atoms with Crippen molar-refractivity contribution in [2.75, 3.05) is 0 Å². The van der Waals surface area contributed by atoms with Crippen molar-refractivity contribution < 1.29 is 9.90 Å². The number of hydrogen-bond donors (Lipinski definition) is 2. The molecule has 0 saturated heterocycles. The van der Waals surface area contributed by atoms with Gasteiger partial charge in [0.1, 0.15) is 5.60 Å². The summed E-state index contributed by atoms with van der Waals surface area (Å²) in [5, 5.41) is 12.7. The average Bonchev–Trinajstić information content (AvgIpc) is 2.03. The highest BCUT2D eigenvalue weighted by Crippen LogP contribution is 2.16. The summed E-state index contributed by atoms with van der Waals surface area (Å²) in [6, 6.07) is 0.0905. The van der Waals surface area contributed by atoms with Crippen LogP contribution in [-0.4, -0.2) is 22.7 Å². The fraction of sp³-hybridized carbons (Fsp3) is 0.909. The van der Waals surface area contributed by atoms with E-state index in [1.807, 2.05) is 34.6 Å². The predicted molar refractivity (Wildman–Crippen MR) is 57.9 cm³/mol. The summed E-state index contributed by atoms with van der Waals surface area (Å²) in [5.74, 6) is 0.0116. The smallest absolute Gasteiger partial charge is 0.252 e. The van der Waals surface area contributed by atoms with Crippen molar-refractivity contribution in [2.45, 2.75) is 53.2 Å². The van der Waals surface area contributed by atoms with Crippen LogP contribution in [0.15, 0.2) is 0 Å². The summed E-state index contributed by atoms with van der Waals surface area (Å²) >= 11 is 0. The minimum atomic E-state index is -1.27. The Kier molecular flexibility index (Phi) is 4.59. The topological polar surface area (TPSA) is 49.3 Å². The van der Waals surface area contributed by atoms with Gasteiger partial charge in [-0.2, -0.15) is 0 Å². The number of carbonyl (C=O) groups excluding carboxylic acids is 1. The van der Waals surface area contributed by atoms with Gasteiger partial charge in [0.05, 0.1) is 0 Å². The van der Waals surface area contributed by atoms with Crippen molar-refractivity contribution >= 4 is 5.91 Å². The van der Waals surface area contributed by atoms with Crippen LogP contribution < -0.4 is 5.32 Å². The van der Waals surface area contributed by atoms with Gasteiger partial charge in [-0.3, -0.25) is 4.79 Å². The lowest BCUT2D eigenvalue weighted by atomic mass is 9.91. The first-order valence-electron chi connectivity index (χ1n) is 5.23. The lowest BCUT2D eigenvalue weighted by Crippen LogP contribution is -2.51. The standard InChI is InChI=1S/C11H23NO2/c1-7(2)9(5)12-10(13)11(6,14)8(3)4/h7-9,14H,1-6H3,(H,12,13)/t9-,11?/m1/s1. The summed E-state index contributed by atoms with van der Waals surface area (Å²) in [7, 11) is 0. The molecule has 0 aromatic carbocycles. The van der Waals surface area contributed by atoms with E-state index >= 15 is 0 Å². The molecule has 1 amide bonds. The summed E-state index contributed by atoms with van der Waals surface area (Å²) < 4.78 is 0. The van der Waals surface area contributed by atoms with Crippen LogP contribution in [0.4, 0.5) is 0 Å². The van der Waals surface area contributed by atoms with E-state index in [1.165, 1.54) is 0 Å². The second-order valence-corrected chi connectivity index (χ2v) is 4.81. The average molecular weight is 201 g/mol. The van der Waals surface area contributed by atoms with Gasteiger partial charge in [-0.05, 0) is 25.7 Å². The van der Waals surface area contributed by atoms with E-state index < -0.39 is 5.60 Å². The molecule has 84 valence electrons. The zero-order valence-electron chi connectivity index (χ0n) is 10.1. The Bertz CT molecular complexity index is 197. The van der Waals surface area contributed by atoms with Crippen LogP contribution in [0.2, 0.25) is 0 Å². The molecule has 0 bridgehead atoms. The quantitative estimate of drug-likeness (QED) is 0.725. The van der Waals surface area contributed by atoms with Gasteiger partial charge in [-0.25, -0.2) is 0 Å². The molecule has 0 saturated carbocycles. The van der Waals surface area contributed by atoms with Gasteiger partial charge >= 0.3 is 0 Å². The number of amides is 1. The second kappa shape index (κ2) is 4.78. The van der Waals surface area contributed by atoms with Crippen molar-refractivity contribution in [2.24, 2.45) is 11.8 Å². The molecule has 1 unspecified atom stereocenters. The zero-order valence-corrected chi connectivity index (χ0v) is 10.1. The third-order valence-corrected chi connectivity index (χ3v) is 2.94. The van der Waals surface area contributed by atoms with Crippen LogP contribution >= 0.6 is 0 Å². The van der Waals surface area contributed by atoms with E-state index in [9.17, 15) is 9.90 Å². The molecule has 2 N–H and O–H groups in total. The Morgan fingerprint density at radius 1 is 1.21 bits per heavy atom. The third kappa shape index (κ3) is 3.29. The first kappa shape index (κ1) is 13.4. The second-order valence-electron chi connectivity index (χ2n) is 4.81. The molecule has 0 fully saturated rings. The van der Waals surface area contributed by atoms with Crippen LogP contribution in [0.1, 0.15) is 41.5 Å². The van der Waals surface area contributed by atoms with Crippen molar-refractivity contribution in [1.82, 2.24) is 5.32 Å². The SMILES string of the molecule is CC(C)[C@@H](C)NC(=O)C(C)(O)C(C)C. The van der Waals surface area contributed by atoms with E-state index in [1.54, 1.807) is 6.92 Å². The van der Waals surface area contributed by atoms with Gasteiger partial charge in [0, 0.05) is 6.04 Å². The van der Waals surface area contributed by atoms with Gasteiger partial charge in [0.15, 0.2) is 0 Å². The first-order chi connectivity index (χ1) is 6.19. The number of aliphatic hydroxyl groups is 1. The van der Waals surface area contributed by atoms with Gasteiger partial charge in [0.25, 0.3) is 5.91 Å². The molecule has 0 aliphatic carbocycles. The molecule has 0 aromatic rings. The van der Waals surface area contributed by atoms with Crippen molar-refractivity contribution in [3.8, 4) is 0 Å². The van der Waals surface area contributed by atoms with Crippen LogP contribution in [0, 0.1) is 11.8 Å². The zero-order chi connectivity index (χ0) is 11.5. The molecular formula is C11H23NO2. The van der Waals surface area contributed by atoms with Gasteiger partial charge < -0.3 is 10.4 Å². The molecule has 14 heavy (non-hydrogen) atoms. The normalized spacial score (nSPS) is 18.1. The molecule has 0 heterocycles. The van der Waals surface area contributed by atoms with Crippen molar-refractivity contribution in [3.63, 3.8) is 0 Å². The number of rotatable bonds is 4. The minimum absolute atomic E-state index is 0.0816. The molecule has 0 rings (SSSR count). The van der Waals surface area contributed by atoms with E-state index in [4.69, 9.17) is 0 Å². The maximum absolute atomic E-state index is 11.7. The summed E-state index contributed by atoms with van der Waals surface area (Å²) in [6.45, 7) is 11.2. The molecule has 0 aliphatic heterocycles. The number of carbonyl (C=O) groups is 1. The Balaban J connectivity index is 4.35. The molecule has 0 aromatic heterocycles. The third-order valence-electron chi connectivity index (χ3n) is 2.94. The monoisotopic (exact) mass is 201 g/mol. The largest absolute Gasteiger partial charge is 0.380 e. The fourth-order valence-electron chi connectivity index (χ4n) is 0.782. The summed E-state index contributed by atoms with van der Waals surface area (Å²) in [4.78, 5) is 11.7. The van der Waals surface area contributed by atoms with E-state index in [-0.39, 0.29) is 17.9 Å². The van der Waals surface area contributed by atoms with Crippen molar-refractivity contribution in [3.05, 3.63) is 0 Å². The summed E-state index contributed by atoms with van der Waals surface area (Å²) in [6.07, 6.45) is 0. The highest BCUT2D eigenvalue weighted by molar-refractivity contribution is 5.84. The van der Waals surface area contributed by atoms with Crippen LogP contribution in [0.5, 0.6) is 0 Å². The van der Waals surface area contributed by atoms with Crippen LogP contribution in [-0.2, 0) is 4.79 Å². The Morgan fingerprint density at radius 3 is 1.93 bits per heavy atom. The van der Waals surface area contributed by atoms with Gasteiger partial charge in [0.2, 0.25) is 0 Å². The van der Waals surface area contributed by atoms with Gasteiger partial charge in [-0.1, -0.05) is 27.7 Å². The first-order valence-corrected chi connectivity index (χ1v) is 5.23. The van der Waals surface area contributed by atoms with Crippen LogP contribution in [0.25, 0.3) is 0 Å². The highest BCUT2D eigenvalue weighted by Gasteiger charge is 2.34. The van der Waals surface area contributed by atoms with E-state index in [0.717, 1.165) is 0 Å². The molecule has 0 spiro atoms. The molecule has 2 atom stereocenters. The van der Waals surface area contributed by atoms with Crippen molar-refractivity contribution in [1.29, 1.82) is 0 Å². The molecule has 0 aliphatic rings. The van der Waals surface area contributed by atoms with E-state index in [0.29, 0.717) is 5.92 Å². The lowest BCUT2D eigenvalue weighted by Gasteiger charge is -2.29. The fourth-order valence-corrected chi connectivity index (χ4v) is 0.782. The van der Waals surface area contributed by atoms with E-state index in [2.05, 4.69) is 5.32 Å².